The van der Waals surface area contributed by atoms with Crippen LogP contribution in [0.3, 0.4) is 0 Å². The standard InChI is InChI=1S/C26H31ClN4O5S2/c1-2-3-9-23-29-25(27)21(17-32)31(23)16-19-10-12-20(13-11-19)38(35,36)30-24(33)15-28-26(34)22(37)14-18-7-5-4-6-8-18/h4-8,10-13,22,32,37H,2-3,9,14-17H2,1H3,(H,28,34)(H,30,33). The van der Waals surface area contributed by atoms with Gasteiger partial charge in [-0.05, 0) is 36.1 Å². The monoisotopic (exact) mass is 578 g/mol. The van der Waals surface area contributed by atoms with Gasteiger partial charge in [0, 0.05) is 13.0 Å². The first-order chi connectivity index (χ1) is 18.1. The highest BCUT2D eigenvalue weighted by Crippen LogP contribution is 2.21. The molecular weight excluding hydrogens is 548 g/mol. The lowest BCUT2D eigenvalue weighted by Crippen LogP contribution is -2.42. The van der Waals surface area contributed by atoms with Crippen LogP contribution in [0.5, 0.6) is 0 Å². The molecule has 0 aliphatic heterocycles. The van der Waals surface area contributed by atoms with Crippen LogP contribution in [0.4, 0.5) is 0 Å². The molecule has 38 heavy (non-hydrogen) atoms. The Morgan fingerprint density at radius 1 is 1.11 bits per heavy atom. The number of aryl methyl sites for hydroxylation is 1. The molecule has 9 nitrogen and oxygen atoms in total. The number of benzene rings is 2. The number of nitrogens with zero attached hydrogens (tertiary/aromatic N) is 2. The highest BCUT2D eigenvalue weighted by molar-refractivity contribution is 7.90. The number of halogens is 1. The molecule has 2 amide bonds. The number of nitrogens with one attached hydrogen (secondary N) is 2. The second-order valence-electron chi connectivity index (χ2n) is 8.71. The average Bonchev–Trinajstić information content (AvgIpc) is 3.20. The highest BCUT2D eigenvalue weighted by Gasteiger charge is 2.21. The van der Waals surface area contributed by atoms with Crippen LogP contribution >= 0.6 is 24.2 Å². The third-order valence-corrected chi connectivity index (χ3v) is 7.94. The lowest BCUT2D eigenvalue weighted by atomic mass is 10.1. The summed E-state index contributed by atoms with van der Waals surface area (Å²) in [4.78, 5) is 28.8. The molecule has 3 N–H and O–H groups in total. The van der Waals surface area contributed by atoms with E-state index in [1.165, 1.54) is 12.1 Å². The van der Waals surface area contributed by atoms with Crippen molar-refractivity contribution in [2.45, 2.75) is 55.9 Å². The first-order valence-electron chi connectivity index (χ1n) is 12.1. The number of aliphatic hydroxyl groups excluding tert-OH is 1. The van der Waals surface area contributed by atoms with E-state index in [0.29, 0.717) is 25.1 Å². The fraction of sp³-hybridized carbons (Fsp3) is 0.346. The summed E-state index contributed by atoms with van der Waals surface area (Å²) in [6.45, 7) is 1.64. The summed E-state index contributed by atoms with van der Waals surface area (Å²) in [7, 11) is -4.14. The Balaban J connectivity index is 1.58. The third-order valence-electron chi connectivity index (χ3n) is 5.83. The Bertz CT molecular complexity index is 1350. The number of hydrogen-bond donors (Lipinski definition) is 4. The highest BCUT2D eigenvalue weighted by atomic mass is 35.5. The maximum Gasteiger partial charge on any atom is 0.264 e. The summed E-state index contributed by atoms with van der Waals surface area (Å²) in [5.41, 5.74) is 2.18. The Kier molecular flexibility index (Phi) is 10.8. The van der Waals surface area contributed by atoms with Gasteiger partial charge in [-0.15, -0.1) is 0 Å². The zero-order valence-electron chi connectivity index (χ0n) is 20.9. The minimum absolute atomic E-state index is 0.102. The molecule has 1 atom stereocenters. The van der Waals surface area contributed by atoms with Gasteiger partial charge in [-0.25, -0.2) is 18.1 Å². The number of rotatable bonds is 13. The molecule has 1 aromatic heterocycles. The van der Waals surface area contributed by atoms with Crippen LogP contribution in [0.15, 0.2) is 59.5 Å². The molecule has 1 heterocycles. The van der Waals surface area contributed by atoms with Gasteiger partial charge in [0.2, 0.25) is 5.91 Å². The van der Waals surface area contributed by atoms with Crippen molar-refractivity contribution >= 4 is 46.1 Å². The Hall–Kier alpha value is -2.86. The van der Waals surface area contributed by atoms with Crippen LogP contribution in [-0.4, -0.2) is 46.7 Å². The van der Waals surface area contributed by atoms with Crippen LogP contribution in [-0.2, 0) is 45.6 Å². The number of carbonyl (C=O) groups excluding carboxylic acids is 2. The Morgan fingerprint density at radius 3 is 2.42 bits per heavy atom. The van der Waals surface area contributed by atoms with Crippen molar-refractivity contribution in [3.8, 4) is 0 Å². The summed E-state index contributed by atoms with van der Waals surface area (Å²) >= 11 is 10.5. The predicted molar refractivity (Wildman–Crippen MR) is 149 cm³/mol. The number of aliphatic hydroxyl groups is 1. The molecule has 0 aliphatic rings. The number of hydrogen-bond acceptors (Lipinski definition) is 7. The summed E-state index contributed by atoms with van der Waals surface area (Å²) < 4.78 is 29.2. The molecule has 2 aromatic carbocycles. The topological polar surface area (TPSA) is 130 Å². The number of carbonyl (C=O) groups is 2. The number of sulfonamides is 1. The maximum atomic E-state index is 12.7. The number of unbranched alkanes of at least 4 members (excludes halogenated alkanes) is 1. The summed E-state index contributed by atoms with van der Waals surface area (Å²) in [6, 6.07) is 15.3. The van der Waals surface area contributed by atoms with E-state index in [1.54, 1.807) is 12.1 Å². The molecule has 1 unspecified atom stereocenters. The van der Waals surface area contributed by atoms with Crippen molar-refractivity contribution in [2.75, 3.05) is 6.54 Å². The number of thiol groups is 1. The van der Waals surface area contributed by atoms with Crippen molar-refractivity contribution in [3.63, 3.8) is 0 Å². The molecule has 0 bridgehead atoms. The van der Waals surface area contributed by atoms with Gasteiger partial charge in [0.15, 0.2) is 5.15 Å². The zero-order valence-corrected chi connectivity index (χ0v) is 23.4. The van der Waals surface area contributed by atoms with Crippen molar-refractivity contribution in [1.82, 2.24) is 19.6 Å². The van der Waals surface area contributed by atoms with Gasteiger partial charge < -0.3 is 15.0 Å². The second kappa shape index (κ2) is 13.8. The van der Waals surface area contributed by atoms with Crippen molar-refractivity contribution < 1.29 is 23.1 Å². The lowest BCUT2D eigenvalue weighted by molar-refractivity contribution is -0.124. The Morgan fingerprint density at radius 2 is 1.79 bits per heavy atom. The number of amides is 2. The van der Waals surface area contributed by atoms with Gasteiger partial charge >= 0.3 is 0 Å². The van der Waals surface area contributed by atoms with Gasteiger partial charge in [-0.3, -0.25) is 9.59 Å². The molecule has 0 saturated carbocycles. The van der Waals surface area contributed by atoms with E-state index in [1.807, 2.05) is 39.6 Å². The van der Waals surface area contributed by atoms with Crippen LogP contribution in [0, 0.1) is 0 Å². The van der Waals surface area contributed by atoms with Crippen LogP contribution in [0.25, 0.3) is 0 Å². The first kappa shape index (κ1) is 29.7. The average molecular weight is 579 g/mol. The summed E-state index contributed by atoms with van der Waals surface area (Å²) in [5, 5.41) is 11.7. The quantitative estimate of drug-likeness (QED) is 0.231. The maximum absolute atomic E-state index is 12.7. The minimum Gasteiger partial charge on any atom is -0.390 e. The van der Waals surface area contributed by atoms with Gasteiger partial charge in [-0.1, -0.05) is 67.4 Å². The van der Waals surface area contributed by atoms with E-state index < -0.39 is 33.6 Å². The summed E-state index contributed by atoms with van der Waals surface area (Å²) in [6.07, 6.45) is 2.96. The van der Waals surface area contributed by atoms with Gasteiger partial charge in [0.25, 0.3) is 15.9 Å². The fourth-order valence-corrected chi connectivity index (χ4v) is 5.33. The van der Waals surface area contributed by atoms with Gasteiger partial charge in [0.05, 0.1) is 29.0 Å². The minimum atomic E-state index is -4.14. The predicted octanol–water partition coefficient (Wildman–Crippen LogP) is 2.88. The number of aromatic nitrogens is 2. The van der Waals surface area contributed by atoms with Gasteiger partial charge in [-0.2, -0.15) is 12.6 Å². The molecule has 12 heteroatoms. The van der Waals surface area contributed by atoms with Crippen molar-refractivity contribution in [2.24, 2.45) is 0 Å². The normalized spacial score (nSPS) is 12.2. The van der Waals surface area contributed by atoms with Gasteiger partial charge in [0.1, 0.15) is 5.82 Å². The first-order valence-corrected chi connectivity index (χ1v) is 14.5. The van der Waals surface area contributed by atoms with Crippen molar-refractivity contribution in [3.05, 3.63) is 82.4 Å². The second-order valence-corrected chi connectivity index (χ2v) is 11.4. The molecule has 0 fully saturated rings. The van der Waals surface area contributed by atoms with E-state index in [-0.39, 0.29) is 16.7 Å². The van der Waals surface area contributed by atoms with Crippen molar-refractivity contribution in [1.29, 1.82) is 0 Å². The molecule has 204 valence electrons. The molecule has 0 saturated heterocycles. The number of imidazole rings is 1. The van der Waals surface area contributed by atoms with E-state index in [4.69, 9.17) is 11.6 Å². The lowest BCUT2D eigenvalue weighted by Gasteiger charge is -2.13. The molecule has 0 radical (unpaired) electrons. The Labute approximate surface area is 233 Å². The van der Waals surface area contributed by atoms with E-state index in [0.717, 1.165) is 29.8 Å². The zero-order chi connectivity index (χ0) is 27.7. The molecule has 0 aliphatic carbocycles. The smallest absolute Gasteiger partial charge is 0.264 e. The van der Waals surface area contributed by atoms with E-state index in [2.05, 4.69) is 29.9 Å². The molecule has 0 spiro atoms. The molecule has 3 aromatic rings. The van der Waals surface area contributed by atoms with Crippen LogP contribution in [0.1, 0.15) is 42.4 Å². The summed E-state index contributed by atoms with van der Waals surface area (Å²) in [5.74, 6) is -0.600. The van der Waals surface area contributed by atoms with E-state index >= 15 is 0 Å². The van der Waals surface area contributed by atoms with Crippen LogP contribution < -0.4 is 10.0 Å². The molecular formula is C26H31ClN4O5S2. The molecule has 3 rings (SSSR count). The van der Waals surface area contributed by atoms with Crippen LogP contribution in [0.2, 0.25) is 5.15 Å². The fourth-order valence-electron chi connectivity index (χ4n) is 3.79. The van der Waals surface area contributed by atoms with E-state index in [9.17, 15) is 23.1 Å². The third kappa shape index (κ3) is 8.07. The SMILES string of the molecule is CCCCc1nc(Cl)c(CO)n1Cc1ccc(S(=O)(=O)NC(=O)CNC(=O)C(S)Cc2ccccc2)cc1. The largest absolute Gasteiger partial charge is 0.390 e.